The molecule has 0 saturated heterocycles. The molecule has 0 spiro atoms. The molecule has 2 nitrogen and oxygen atoms in total. The lowest BCUT2D eigenvalue weighted by Gasteiger charge is -2.06. The third kappa shape index (κ3) is 2.44. The summed E-state index contributed by atoms with van der Waals surface area (Å²) < 4.78 is 18.2. The van der Waals surface area contributed by atoms with Gasteiger partial charge in [0.2, 0.25) is 0 Å². The fourth-order valence-electron chi connectivity index (χ4n) is 1.09. The van der Waals surface area contributed by atoms with Crippen molar-refractivity contribution in [3.63, 3.8) is 0 Å². The number of benzene rings is 1. The van der Waals surface area contributed by atoms with Crippen molar-refractivity contribution in [2.75, 3.05) is 0 Å². The number of hydrogen-bond donors (Lipinski definition) is 0. The van der Waals surface area contributed by atoms with E-state index in [0.29, 0.717) is 11.5 Å². The van der Waals surface area contributed by atoms with Gasteiger partial charge in [-0.05, 0) is 30.3 Å². The van der Waals surface area contributed by atoms with Gasteiger partial charge in [-0.1, -0.05) is 11.6 Å². The Kier molecular flexibility index (Phi) is 2.83. The van der Waals surface area contributed by atoms with Crippen LogP contribution in [-0.2, 0) is 0 Å². The number of pyridine rings is 1. The largest absolute Gasteiger partial charge is 0.456 e. The average molecular weight is 224 g/mol. The summed E-state index contributed by atoms with van der Waals surface area (Å²) in [6.45, 7) is 0. The zero-order valence-corrected chi connectivity index (χ0v) is 8.41. The molecule has 2 aromatic rings. The predicted octanol–water partition coefficient (Wildman–Crippen LogP) is 3.67. The summed E-state index contributed by atoms with van der Waals surface area (Å²) in [5.74, 6) is 0.643. The zero-order chi connectivity index (χ0) is 10.7. The van der Waals surface area contributed by atoms with Crippen LogP contribution in [-0.4, -0.2) is 4.98 Å². The monoisotopic (exact) mass is 223 g/mol. The molecule has 0 aliphatic heterocycles. The highest BCUT2D eigenvalue weighted by atomic mass is 35.5. The van der Waals surface area contributed by atoms with Gasteiger partial charge in [-0.25, -0.2) is 4.39 Å². The lowest BCUT2D eigenvalue weighted by Crippen LogP contribution is -1.86. The van der Waals surface area contributed by atoms with Crippen molar-refractivity contribution in [1.82, 2.24) is 4.98 Å². The van der Waals surface area contributed by atoms with Crippen LogP contribution in [0.4, 0.5) is 4.39 Å². The molecule has 0 aliphatic rings. The maximum absolute atomic E-state index is 12.7. The summed E-state index contributed by atoms with van der Waals surface area (Å²) in [6, 6.07) is 7.37. The van der Waals surface area contributed by atoms with Gasteiger partial charge in [0.05, 0.1) is 5.02 Å². The zero-order valence-electron chi connectivity index (χ0n) is 7.65. The number of hydrogen-bond acceptors (Lipinski definition) is 2. The van der Waals surface area contributed by atoms with E-state index in [0.717, 1.165) is 0 Å². The van der Waals surface area contributed by atoms with Crippen LogP contribution >= 0.6 is 11.6 Å². The molecule has 2 rings (SSSR count). The quantitative estimate of drug-likeness (QED) is 0.775. The van der Waals surface area contributed by atoms with E-state index >= 15 is 0 Å². The van der Waals surface area contributed by atoms with Gasteiger partial charge in [0, 0.05) is 12.4 Å². The summed E-state index contributed by atoms with van der Waals surface area (Å²) in [4.78, 5) is 3.85. The lowest BCUT2D eigenvalue weighted by atomic mass is 10.3. The highest BCUT2D eigenvalue weighted by Crippen LogP contribution is 2.29. The van der Waals surface area contributed by atoms with Crippen LogP contribution < -0.4 is 4.74 Å². The summed E-state index contributed by atoms with van der Waals surface area (Å²) in [6.07, 6.45) is 3.21. The Bertz CT molecular complexity index is 461. The first-order valence-corrected chi connectivity index (χ1v) is 4.66. The minimum Gasteiger partial charge on any atom is -0.456 e. The van der Waals surface area contributed by atoms with Crippen LogP contribution in [0.2, 0.25) is 5.02 Å². The van der Waals surface area contributed by atoms with Gasteiger partial charge in [-0.2, -0.15) is 0 Å². The van der Waals surface area contributed by atoms with E-state index in [1.54, 1.807) is 24.5 Å². The molecule has 15 heavy (non-hydrogen) atoms. The molecule has 4 heteroatoms. The Balaban J connectivity index is 2.25. The molecule has 0 aliphatic carbocycles. The van der Waals surface area contributed by atoms with Gasteiger partial charge in [0.15, 0.2) is 0 Å². The number of halogens is 2. The third-order valence-corrected chi connectivity index (χ3v) is 2.07. The molecule has 0 amide bonds. The van der Waals surface area contributed by atoms with E-state index in [1.807, 2.05) is 0 Å². The van der Waals surface area contributed by atoms with Gasteiger partial charge in [0.25, 0.3) is 0 Å². The van der Waals surface area contributed by atoms with Gasteiger partial charge < -0.3 is 4.74 Å². The predicted molar refractivity (Wildman–Crippen MR) is 55.7 cm³/mol. The van der Waals surface area contributed by atoms with Crippen molar-refractivity contribution in [2.45, 2.75) is 0 Å². The fraction of sp³-hybridized carbons (Fsp3) is 0. The van der Waals surface area contributed by atoms with Crippen LogP contribution in [0.15, 0.2) is 42.7 Å². The minimum absolute atomic E-state index is 0.242. The van der Waals surface area contributed by atoms with E-state index in [1.165, 1.54) is 18.2 Å². The summed E-state index contributed by atoms with van der Waals surface area (Å²) in [5, 5.41) is 0.242. The van der Waals surface area contributed by atoms with Gasteiger partial charge in [-0.3, -0.25) is 4.98 Å². The van der Waals surface area contributed by atoms with Crippen LogP contribution in [0.25, 0.3) is 0 Å². The molecule has 0 fully saturated rings. The van der Waals surface area contributed by atoms with Crippen molar-refractivity contribution in [2.24, 2.45) is 0 Å². The minimum atomic E-state index is -0.387. The SMILES string of the molecule is Fc1ccc(Oc2ccncc2)c(Cl)c1. The molecule has 76 valence electrons. The van der Waals surface area contributed by atoms with Crippen LogP contribution in [0.3, 0.4) is 0 Å². The molecule has 0 atom stereocenters. The number of ether oxygens (including phenoxy) is 1. The van der Waals surface area contributed by atoms with Crippen molar-refractivity contribution >= 4 is 11.6 Å². The van der Waals surface area contributed by atoms with Gasteiger partial charge in [0.1, 0.15) is 17.3 Å². The van der Waals surface area contributed by atoms with E-state index in [9.17, 15) is 4.39 Å². The molecule has 0 bridgehead atoms. The maximum atomic E-state index is 12.7. The standard InChI is InChI=1S/C11H7ClFNO/c12-10-7-8(13)1-2-11(10)15-9-3-5-14-6-4-9/h1-7H. The first kappa shape index (κ1) is 9.93. The second kappa shape index (κ2) is 4.28. The molecule has 1 heterocycles. The van der Waals surface area contributed by atoms with Crippen molar-refractivity contribution < 1.29 is 9.13 Å². The second-order valence-corrected chi connectivity index (χ2v) is 3.27. The normalized spacial score (nSPS) is 10.0. The van der Waals surface area contributed by atoms with Gasteiger partial charge >= 0.3 is 0 Å². The van der Waals surface area contributed by atoms with Crippen molar-refractivity contribution in [1.29, 1.82) is 0 Å². The Morgan fingerprint density at radius 3 is 2.53 bits per heavy atom. The summed E-state index contributed by atoms with van der Waals surface area (Å²) in [5.41, 5.74) is 0. The van der Waals surface area contributed by atoms with E-state index in [-0.39, 0.29) is 10.8 Å². The molecule has 1 aromatic heterocycles. The molecule has 0 N–H and O–H groups in total. The van der Waals surface area contributed by atoms with Crippen LogP contribution in [0, 0.1) is 5.82 Å². The smallest absolute Gasteiger partial charge is 0.146 e. The van der Waals surface area contributed by atoms with Crippen LogP contribution in [0.1, 0.15) is 0 Å². The third-order valence-electron chi connectivity index (χ3n) is 1.77. The highest BCUT2D eigenvalue weighted by Gasteiger charge is 2.03. The Morgan fingerprint density at radius 1 is 1.13 bits per heavy atom. The Labute approximate surface area is 91.3 Å². The molecule has 0 saturated carbocycles. The molecule has 0 unspecified atom stereocenters. The molecule has 0 radical (unpaired) electrons. The Morgan fingerprint density at radius 2 is 1.87 bits per heavy atom. The lowest BCUT2D eigenvalue weighted by molar-refractivity contribution is 0.480. The van der Waals surface area contributed by atoms with Crippen LogP contribution in [0.5, 0.6) is 11.5 Å². The van der Waals surface area contributed by atoms with Gasteiger partial charge in [-0.15, -0.1) is 0 Å². The number of nitrogens with zero attached hydrogens (tertiary/aromatic N) is 1. The maximum Gasteiger partial charge on any atom is 0.146 e. The van der Waals surface area contributed by atoms with E-state index < -0.39 is 0 Å². The van der Waals surface area contributed by atoms with E-state index in [2.05, 4.69) is 4.98 Å². The molecular weight excluding hydrogens is 217 g/mol. The topological polar surface area (TPSA) is 22.1 Å². The number of aromatic nitrogens is 1. The summed E-state index contributed by atoms with van der Waals surface area (Å²) >= 11 is 5.80. The average Bonchev–Trinajstić information content (AvgIpc) is 2.24. The fourth-order valence-corrected chi connectivity index (χ4v) is 1.30. The Hall–Kier alpha value is -1.61. The van der Waals surface area contributed by atoms with Crippen molar-refractivity contribution in [3.05, 3.63) is 53.6 Å². The highest BCUT2D eigenvalue weighted by molar-refractivity contribution is 6.32. The van der Waals surface area contributed by atoms with E-state index in [4.69, 9.17) is 16.3 Å². The first-order chi connectivity index (χ1) is 7.25. The van der Waals surface area contributed by atoms with Crippen molar-refractivity contribution in [3.8, 4) is 11.5 Å². The first-order valence-electron chi connectivity index (χ1n) is 4.28. The molecule has 1 aromatic carbocycles. The number of rotatable bonds is 2. The summed E-state index contributed by atoms with van der Waals surface area (Å²) in [7, 11) is 0. The molecular formula is C11H7ClFNO. The second-order valence-electron chi connectivity index (χ2n) is 2.86.